The van der Waals surface area contributed by atoms with Gasteiger partial charge in [0.1, 0.15) is 5.75 Å². The van der Waals surface area contributed by atoms with Gasteiger partial charge in [0.05, 0.1) is 12.3 Å². The Morgan fingerprint density at radius 3 is 2.72 bits per heavy atom. The highest BCUT2D eigenvalue weighted by Gasteiger charge is 2.20. The first-order chi connectivity index (χ1) is 7.83. The summed E-state index contributed by atoms with van der Waals surface area (Å²) in [5.41, 5.74) is 1.22. The molecule has 1 aromatic carbocycles. The van der Waals surface area contributed by atoms with Crippen molar-refractivity contribution in [2.24, 2.45) is 0 Å². The Balaban J connectivity index is 0.00000144. The summed E-state index contributed by atoms with van der Waals surface area (Å²) in [5, 5.41) is 3.40. The summed E-state index contributed by atoms with van der Waals surface area (Å²) >= 11 is 0. The molecule has 0 spiro atoms. The topological polar surface area (TPSA) is 24.5 Å². The molecule has 0 saturated carbocycles. The van der Waals surface area contributed by atoms with Crippen molar-refractivity contribution in [3.8, 4) is 5.75 Å². The van der Waals surface area contributed by atoms with Crippen LogP contribution < -0.4 is 15.0 Å². The van der Waals surface area contributed by atoms with Crippen LogP contribution >= 0.6 is 24.8 Å². The maximum absolute atomic E-state index is 5.68. The van der Waals surface area contributed by atoms with E-state index < -0.39 is 0 Å². The van der Waals surface area contributed by atoms with Crippen LogP contribution in [0.4, 0.5) is 5.69 Å². The third-order valence-electron chi connectivity index (χ3n) is 2.98. The fourth-order valence-electron chi connectivity index (χ4n) is 2.17. The van der Waals surface area contributed by atoms with E-state index in [0.717, 1.165) is 32.0 Å². The number of hydrogen-bond donors (Lipinski definition) is 1. The second-order valence-corrected chi connectivity index (χ2v) is 4.15. The monoisotopic (exact) mass is 292 g/mol. The van der Waals surface area contributed by atoms with Gasteiger partial charge in [0.15, 0.2) is 0 Å². The van der Waals surface area contributed by atoms with E-state index in [-0.39, 0.29) is 24.8 Å². The molecule has 1 atom stereocenters. The van der Waals surface area contributed by atoms with E-state index in [2.05, 4.69) is 29.3 Å². The Morgan fingerprint density at radius 1 is 1.33 bits per heavy atom. The molecule has 104 valence electrons. The van der Waals surface area contributed by atoms with Gasteiger partial charge in [-0.2, -0.15) is 0 Å². The van der Waals surface area contributed by atoms with Gasteiger partial charge >= 0.3 is 0 Å². The van der Waals surface area contributed by atoms with Gasteiger partial charge in [0.2, 0.25) is 0 Å². The van der Waals surface area contributed by atoms with Crippen LogP contribution in [0.25, 0.3) is 0 Å². The van der Waals surface area contributed by atoms with Gasteiger partial charge in [0, 0.05) is 25.7 Å². The lowest BCUT2D eigenvalue weighted by Gasteiger charge is -2.36. The van der Waals surface area contributed by atoms with Crippen molar-refractivity contribution < 1.29 is 4.74 Å². The van der Waals surface area contributed by atoms with E-state index in [9.17, 15) is 0 Å². The first-order valence-electron chi connectivity index (χ1n) is 6.02. The molecule has 18 heavy (non-hydrogen) atoms. The summed E-state index contributed by atoms with van der Waals surface area (Å²) in [7, 11) is 0. The van der Waals surface area contributed by atoms with Crippen LogP contribution in [0.15, 0.2) is 24.3 Å². The van der Waals surface area contributed by atoms with Crippen molar-refractivity contribution >= 4 is 30.5 Å². The smallest absolute Gasteiger partial charge is 0.142 e. The molecule has 1 saturated heterocycles. The lowest BCUT2D eigenvalue weighted by molar-refractivity contribution is 0.338. The van der Waals surface area contributed by atoms with Crippen LogP contribution in [0.2, 0.25) is 0 Å². The Labute approximate surface area is 122 Å². The zero-order valence-electron chi connectivity index (χ0n) is 10.9. The Hall–Kier alpha value is -0.640. The lowest BCUT2D eigenvalue weighted by atomic mass is 10.1. The van der Waals surface area contributed by atoms with Gasteiger partial charge < -0.3 is 15.0 Å². The first kappa shape index (κ1) is 17.4. The highest BCUT2D eigenvalue weighted by atomic mass is 35.5. The predicted molar refractivity (Wildman–Crippen MR) is 81.8 cm³/mol. The average molecular weight is 293 g/mol. The van der Waals surface area contributed by atoms with Gasteiger partial charge in [-0.1, -0.05) is 12.1 Å². The number of ether oxygens (including phenoxy) is 1. The van der Waals surface area contributed by atoms with Gasteiger partial charge in [0.25, 0.3) is 0 Å². The lowest BCUT2D eigenvalue weighted by Crippen LogP contribution is -2.50. The quantitative estimate of drug-likeness (QED) is 0.927. The molecular weight excluding hydrogens is 271 g/mol. The molecule has 1 unspecified atom stereocenters. The molecule has 1 aliphatic rings. The summed E-state index contributed by atoms with van der Waals surface area (Å²) < 4.78 is 5.68. The summed E-state index contributed by atoms with van der Waals surface area (Å²) in [5.74, 6) is 0.999. The van der Waals surface area contributed by atoms with E-state index in [0.29, 0.717) is 6.04 Å². The highest BCUT2D eigenvalue weighted by Crippen LogP contribution is 2.29. The molecule has 0 bridgehead atoms. The summed E-state index contributed by atoms with van der Waals surface area (Å²) in [4.78, 5) is 2.42. The van der Waals surface area contributed by atoms with Crippen LogP contribution in [0.5, 0.6) is 5.75 Å². The van der Waals surface area contributed by atoms with E-state index in [4.69, 9.17) is 4.74 Å². The molecule has 5 heteroatoms. The third kappa shape index (κ3) is 3.94. The number of benzene rings is 1. The number of piperazine rings is 1. The molecule has 1 fully saturated rings. The van der Waals surface area contributed by atoms with Crippen molar-refractivity contribution in [1.29, 1.82) is 0 Å². The third-order valence-corrected chi connectivity index (χ3v) is 2.98. The Morgan fingerprint density at radius 2 is 2.06 bits per heavy atom. The van der Waals surface area contributed by atoms with Crippen LogP contribution in [0.3, 0.4) is 0 Å². The fraction of sp³-hybridized carbons (Fsp3) is 0.538. The fourth-order valence-corrected chi connectivity index (χ4v) is 2.17. The standard InChI is InChI=1S/C13H20N2O.2ClH/c1-3-16-13-7-5-4-6-12(13)15-9-8-14-10-11(15)2;;/h4-7,11,14H,3,8-10H2,1-2H3;2*1H. The second-order valence-electron chi connectivity index (χ2n) is 4.15. The summed E-state index contributed by atoms with van der Waals surface area (Å²) in [6.07, 6.45) is 0. The number of nitrogens with zero attached hydrogens (tertiary/aromatic N) is 1. The molecule has 0 radical (unpaired) electrons. The second kappa shape index (κ2) is 8.46. The number of anilines is 1. The minimum absolute atomic E-state index is 0. The molecule has 0 aromatic heterocycles. The Kier molecular flexibility index (Phi) is 8.16. The molecule has 2 rings (SSSR count). The van der Waals surface area contributed by atoms with Crippen molar-refractivity contribution in [3.05, 3.63) is 24.3 Å². The SMILES string of the molecule is CCOc1ccccc1N1CCNCC1C.Cl.Cl. The molecule has 1 N–H and O–H groups in total. The van der Waals surface area contributed by atoms with Crippen molar-refractivity contribution in [1.82, 2.24) is 5.32 Å². The molecule has 3 nitrogen and oxygen atoms in total. The van der Waals surface area contributed by atoms with E-state index in [1.165, 1.54) is 5.69 Å². The zero-order chi connectivity index (χ0) is 11.4. The van der Waals surface area contributed by atoms with Crippen molar-refractivity contribution in [3.63, 3.8) is 0 Å². The zero-order valence-corrected chi connectivity index (χ0v) is 12.5. The molecule has 0 aliphatic carbocycles. The van der Waals surface area contributed by atoms with Crippen LogP contribution in [-0.4, -0.2) is 32.3 Å². The maximum Gasteiger partial charge on any atom is 0.142 e. The number of rotatable bonds is 3. The normalized spacial score (nSPS) is 18.6. The van der Waals surface area contributed by atoms with Gasteiger partial charge in [-0.25, -0.2) is 0 Å². The number of nitrogens with one attached hydrogen (secondary N) is 1. The predicted octanol–water partition coefficient (Wildman–Crippen LogP) is 2.73. The van der Waals surface area contributed by atoms with E-state index >= 15 is 0 Å². The number of hydrogen-bond acceptors (Lipinski definition) is 3. The summed E-state index contributed by atoms with van der Waals surface area (Å²) in [6, 6.07) is 8.82. The van der Waals surface area contributed by atoms with Crippen molar-refractivity contribution in [2.75, 3.05) is 31.1 Å². The first-order valence-corrected chi connectivity index (χ1v) is 6.02. The minimum atomic E-state index is 0. The Bertz CT molecular complexity index is 350. The van der Waals surface area contributed by atoms with Crippen LogP contribution in [0, 0.1) is 0 Å². The van der Waals surface area contributed by atoms with Gasteiger partial charge in [-0.3, -0.25) is 0 Å². The molecule has 1 aromatic rings. The molecule has 1 heterocycles. The van der Waals surface area contributed by atoms with E-state index in [1.54, 1.807) is 0 Å². The van der Waals surface area contributed by atoms with Crippen LogP contribution in [-0.2, 0) is 0 Å². The maximum atomic E-state index is 5.68. The molecule has 1 aliphatic heterocycles. The minimum Gasteiger partial charge on any atom is -0.492 e. The van der Waals surface area contributed by atoms with Gasteiger partial charge in [-0.15, -0.1) is 24.8 Å². The molecule has 0 amide bonds. The average Bonchev–Trinajstić information content (AvgIpc) is 2.31. The largest absolute Gasteiger partial charge is 0.492 e. The van der Waals surface area contributed by atoms with Gasteiger partial charge in [-0.05, 0) is 26.0 Å². The number of halogens is 2. The molecular formula is C13H22Cl2N2O. The highest BCUT2D eigenvalue weighted by molar-refractivity contribution is 5.85. The van der Waals surface area contributed by atoms with E-state index in [1.807, 2.05) is 19.1 Å². The number of para-hydroxylation sites is 2. The van der Waals surface area contributed by atoms with Crippen LogP contribution in [0.1, 0.15) is 13.8 Å². The van der Waals surface area contributed by atoms with Crippen molar-refractivity contribution in [2.45, 2.75) is 19.9 Å². The summed E-state index contributed by atoms with van der Waals surface area (Å²) in [6.45, 7) is 8.13.